The summed E-state index contributed by atoms with van der Waals surface area (Å²) in [5.74, 6) is 1.07. The zero-order chi connectivity index (χ0) is 32.2. The molecule has 0 spiro atoms. The van der Waals surface area contributed by atoms with E-state index in [0.717, 1.165) is 39.3 Å². The fourth-order valence-corrected chi connectivity index (χ4v) is 6.54. The number of ether oxygens (including phenoxy) is 3. The summed E-state index contributed by atoms with van der Waals surface area (Å²) in [5.41, 5.74) is 6.02. The van der Waals surface area contributed by atoms with E-state index in [4.69, 9.17) is 30.9 Å². The quantitative estimate of drug-likeness (QED) is 0.165. The Morgan fingerprint density at radius 2 is 1.80 bits per heavy atom. The molecule has 0 unspecified atom stereocenters. The predicted octanol–water partition coefficient (Wildman–Crippen LogP) is 6.79. The molecule has 11 heteroatoms. The number of amides is 2. The second-order valence-electron chi connectivity index (χ2n) is 10.8. The van der Waals surface area contributed by atoms with Crippen molar-refractivity contribution in [2.24, 2.45) is 0 Å². The van der Waals surface area contributed by atoms with Crippen LogP contribution in [-0.4, -0.2) is 60.5 Å². The maximum absolute atomic E-state index is 14.0. The number of carbonyl (C=O) groups excluding carboxylic acids is 2. The third kappa shape index (κ3) is 6.64. The number of aromatic nitrogens is 2. The smallest absolute Gasteiger partial charge is 0.264 e. The molecule has 9 nitrogen and oxygen atoms in total. The fraction of sp³-hybridized carbons (Fsp3) is 0.229. The van der Waals surface area contributed by atoms with Crippen molar-refractivity contribution >= 4 is 40.4 Å². The zero-order valence-electron chi connectivity index (χ0n) is 25.7. The van der Waals surface area contributed by atoms with Gasteiger partial charge in [-0.15, -0.1) is 11.3 Å². The van der Waals surface area contributed by atoms with E-state index >= 15 is 0 Å². The van der Waals surface area contributed by atoms with Crippen molar-refractivity contribution in [2.45, 2.75) is 20.0 Å². The van der Waals surface area contributed by atoms with Gasteiger partial charge in [-0.1, -0.05) is 41.9 Å². The molecular weight excluding hydrogens is 624 g/mol. The second kappa shape index (κ2) is 13.8. The molecule has 1 aliphatic heterocycles. The number of nitrogens with zero attached hydrogens (tertiary/aromatic N) is 4. The normalized spacial score (nSPS) is 13.1. The minimum absolute atomic E-state index is 0.0554. The molecule has 0 aliphatic carbocycles. The second-order valence-corrected chi connectivity index (χ2v) is 12.5. The topological polar surface area (TPSA) is 86.1 Å². The molecule has 0 saturated carbocycles. The lowest BCUT2D eigenvalue weighted by molar-refractivity contribution is -0.125. The number of thiophene rings is 1. The molecule has 1 fully saturated rings. The molecule has 2 amide bonds. The summed E-state index contributed by atoms with van der Waals surface area (Å²) >= 11 is 7.49. The Bertz CT molecular complexity index is 1870. The van der Waals surface area contributed by atoms with Gasteiger partial charge in [-0.2, -0.15) is 5.10 Å². The van der Waals surface area contributed by atoms with Crippen LogP contribution in [0.1, 0.15) is 26.4 Å². The van der Waals surface area contributed by atoms with Crippen molar-refractivity contribution in [3.05, 3.63) is 111 Å². The molecule has 0 N–H and O–H groups in total. The molecule has 3 heterocycles. The van der Waals surface area contributed by atoms with Gasteiger partial charge in [-0.25, -0.2) is 4.68 Å². The lowest BCUT2D eigenvalue weighted by Crippen LogP contribution is -2.42. The molecule has 1 aliphatic rings. The summed E-state index contributed by atoms with van der Waals surface area (Å²) in [6.45, 7) is 3.64. The van der Waals surface area contributed by atoms with Crippen LogP contribution >= 0.6 is 22.9 Å². The molecule has 1 saturated heterocycles. The van der Waals surface area contributed by atoms with Crippen LogP contribution < -0.4 is 14.4 Å². The van der Waals surface area contributed by atoms with Crippen LogP contribution in [0.3, 0.4) is 0 Å². The van der Waals surface area contributed by atoms with E-state index in [0.29, 0.717) is 33.9 Å². The molecule has 0 radical (unpaired) electrons. The van der Waals surface area contributed by atoms with Gasteiger partial charge >= 0.3 is 0 Å². The SMILES string of the molecule is COc1ccc(CN(Cc2cn(-c3ccc(N4CCOCC4=O)c(C)c3)nc2-c2ccccc2)C(=O)c2ccc(Cl)s2)c(OC)c1. The van der Waals surface area contributed by atoms with Crippen LogP contribution in [-0.2, 0) is 22.6 Å². The van der Waals surface area contributed by atoms with Gasteiger partial charge in [0.1, 0.15) is 18.1 Å². The molecule has 2 aromatic heterocycles. The number of hydrogen-bond acceptors (Lipinski definition) is 7. The Morgan fingerprint density at radius 1 is 1.00 bits per heavy atom. The van der Waals surface area contributed by atoms with Gasteiger partial charge in [-0.3, -0.25) is 9.59 Å². The van der Waals surface area contributed by atoms with Crippen LogP contribution in [0, 0.1) is 6.92 Å². The maximum Gasteiger partial charge on any atom is 0.264 e. The van der Waals surface area contributed by atoms with Gasteiger partial charge in [0.2, 0.25) is 0 Å². The molecule has 6 rings (SSSR count). The van der Waals surface area contributed by atoms with Gasteiger partial charge < -0.3 is 24.0 Å². The Morgan fingerprint density at radius 3 is 2.50 bits per heavy atom. The zero-order valence-corrected chi connectivity index (χ0v) is 27.3. The van der Waals surface area contributed by atoms with Gasteiger partial charge in [-0.05, 0) is 55.0 Å². The van der Waals surface area contributed by atoms with Crippen LogP contribution in [0.25, 0.3) is 16.9 Å². The summed E-state index contributed by atoms with van der Waals surface area (Å²) < 4.78 is 18.7. The predicted molar refractivity (Wildman–Crippen MR) is 179 cm³/mol. The highest BCUT2D eigenvalue weighted by Crippen LogP contribution is 2.32. The first-order valence-corrected chi connectivity index (χ1v) is 15.9. The van der Waals surface area contributed by atoms with Crippen molar-refractivity contribution in [1.82, 2.24) is 14.7 Å². The Labute approximate surface area is 276 Å². The molecule has 236 valence electrons. The Hall–Kier alpha value is -4.64. The molecule has 3 aromatic carbocycles. The van der Waals surface area contributed by atoms with Crippen LogP contribution in [0.2, 0.25) is 4.34 Å². The largest absolute Gasteiger partial charge is 0.497 e. The number of rotatable bonds is 10. The first-order chi connectivity index (χ1) is 22.3. The van der Waals surface area contributed by atoms with E-state index in [2.05, 4.69) is 0 Å². The number of benzene rings is 3. The van der Waals surface area contributed by atoms with Crippen molar-refractivity contribution in [2.75, 3.05) is 38.9 Å². The van der Waals surface area contributed by atoms with Crippen LogP contribution in [0.15, 0.2) is 85.1 Å². The maximum atomic E-state index is 14.0. The van der Waals surface area contributed by atoms with Gasteiger partial charge in [0.25, 0.3) is 11.8 Å². The van der Waals surface area contributed by atoms with E-state index in [9.17, 15) is 9.59 Å². The third-order valence-electron chi connectivity index (χ3n) is 7.85. The molecule has 46 heavy (non-hydrogen) atoms. The van der Waals surface area contributed by atoms with Gasteiger partial charge in [0, 0.05) is 41.2 Å². The van der Waals surface area contributed by atoms with Crippen molar-refractivity contribution in [3.8, 4) is 28.4 Å². The summed E-state index contributed by atoms with van der Waals surface area (Å²) in [6, 6.07) is 24.9. The average Bonchev–Trinajstić information content (AvgIpc) is 3.71. The lowest BCUT2D eigenvalue weighted by atomic mass is 10.1. The minimum Gasteiger partial charge on any atom is -0.497 e. The number of hydrogen-bond donors (Lipinski definition) is 0. The summed E-state index contributed by atoms with van der Waals surface area (Å²) in [7, 11) is 3.20. The van der Waals surface area contributed by atoms with Crippen LogP contribution in [0.5, 0.6) is 11.5 Å². The van der Waals surface area contributed by atoms with Crippen molar-refractivity contribution in [1.29, 1.82) is 0 Å². The number of morpholine rings is 1. The fourth-order valence-electron chi connectivity index (χ4n) is 5.53. The molecule has 0 bridgehead atoms. The third-order valence-corrected chi connectivity index (χ3v) is 9.07. The standard InChI is InChI=1S/C35H33ClN4O5S/c1-23-17-27(10-12-29(23)39-15-16-45-22-33(39)41)40-21-26(34(37-40)24-7-5-4-6-8-24)20-38(35(42)31-13-14-32(36)46-31)19-25-9-11-28(43-2)18-30(25)44-3/h4-14,17-18,21H,15-16,19-20,22H2,1-3H3. The summed E-state index contributed by atoms with van der Waals surface area (Å²) in [5, 5.41) is 5.02. The van der Waals surface area contributed by atoms with Gasteiger partial charge in [0.05, 0.1) is 54.5 Å². The number of halogens is 1. The van der Waals surface area contributed by atoms with Crippen LogP contribution in [0.4, 0.5) is 5.69 Å². The number of aryl methyl sites for hydroxylation is 1. The van der Waals surface area contributed by atoms with E-state index in [1.54, 1.807) is 36.2 Å². The van der Waals surface area contributed by atoms with Crippen molar-refractivity contribution in [3.63, 3.8) is 0 Å². The average molecular weight is 657 g/mol. The molecule has 0 atom stereocenters. The first kappa shape index (κ1) is 31.3. The van der Waals surface area contributed by atoms with Gasteiger partial charge in [0.15, 0.2) is 0 Å². The number of anilines is 1. The van der Waals surface area contributed by atoms with Crippen molar-refractivity contribution < 1.29 is 23.8 Å². The highest BCUT2D eigenvalue weighted by molar-refractivity contribution is 7.17. The number of methoxy groups -OCH3 is 2. The molecule has 5 aromatic rings. The first-order valence-electron chi connectivity index (χ1n) is 14.7. The monoisotopic (exact) mass is 656 g/mol. The summed E-state index contributed by atoms with van der Waals surface area (Å²) in [4.78, 5) is 30.6. The highest BCUT2D eigenvalue weighted by Gasteiger charge is 2.25. The lowest BCUT2D eigenvalue weighted by Gasteiger charge is -2.28. The van der Waals surface area contributed by atoms with E-state index in [1.807, 2.05) is 84.5 Å². The Balaban J connectivity index is 1.39. The summed E-state index contributed by atoms with van der Waals surface area (Å²) in [6.07, 6.45) is 1.96. The molecular formula is C35H33ClN4O5S. The minimum atomic E-state index is -0.156. The highest BCUT2D eigenvalue weighted by atomic mass is 35.5. The van der Waals surface area contributed by atoms with E-state index in [-0.39, 0.29) is 31.5 Å². The number of carbonyl (C=O) groups is 2. The van der Waals surface area contributed by atoms with E-state index in [1.165, 1.54) is 11.3 Å². The van der Waals surface area contributed by atoms with E-state index < -0.39 is 0 Å². The Kier molecular flexibility index (Phi) is 9.39.